The monoisotopic (exact) mass is 270 g/mol. The Bertz CT molecular complexity index is 584. The van der Waals surface area contributed by atoms with E-state index in [1.807, 2.05) is 32.0 Å². The predicted octanol–water partition coefficient (Wildman–Crippen LogP) is 2.75. The normalized spacial score (nSPS) is 10.1. The molecule has 1 heterocycles. The molecule has 104 valence electrons. The van der Waals surface area contributed by atoms with Crippen LogP contribution in [-0.2, 0) is 11.3 Å². The molecule has 0 aliphatic heterocycles. The van der Waals surface area contributed by atoms with Gasteiger partial charge in [-0.2, -0.15) is 0 Å². The molecule has 0 bridgehead atoms. The Morgan fingerprint density at radius 3 is 2.75 bits per heavy atom. The van der Waals surface area contributed by atoms with Gasteiger partial charge in [0.1, 0.15) is 0 Å². The van der Waals surface area contributed by atoms with Crippen LogP contribution < -0.4 is 10.6 Å². The third-order valence-corrected chi connectivity index (χ3v) is 3.01. The third-order valence-electron chi connectivity index (χ3n) is 3.01. The summed E-state index contributed by atoms with van der Waals surface area (Å²) in [4.78, 5) is 19.7. The average molecular weight is 270 g/mol. The van der Waals surface area contributed by atoms with Crippen LogP contribution in [0.15, 0.2) is 36.8 Å². The zero-order valence-corrected chi connectivity index (χ0v) is 11.7. The zero-order chi connectivity index (χ0) is 14.4. The fourth-order valence-corrected chi connectivity index (χ4v) is 1.81. The lowest BCUT2D eigenvalue weighted by Crippen LogP contribution is -2.11. The summed E-state index contributed by atoms with van der Waals surface area (Å²) in [6.07, 6.45) is 5.51. The highest BCUT2D eigenvalue weighted by Gasteiger charge is 2.06. The molecule has 2 aromatic rings. The van der Waals surface area contributed by atoms with E-state index in [2.05, 4.69) is 20.6 Å². The first-order valence-corrected chi connectivity index (χ1v) is 6.59. The van der Waals surface area contributed by atoms with Gasteiger partial charge in [0, 0.05) is 30.2 Å². The van der Waals surface area contributed by atoms with E-state index in [1.54, 1.807) is 18.6 Å². The number of nitrogens with zero attached hydrogens (tertiary/aromatic N) is 2. The van der Waals surface area contributed by atoms with Gasteiger partial charge in [-0.15, -0.1) is 0 Å². The maximum atomic E-state index is 11.5. The maximum absolute atomic E-state index is 11.5. The van der Waals surface area contributed by atoms with Crippen molar-refractivity contribution in [1.82, 2.24) is 9.97 Å². The van der Waals surface area contributed by atoms with Crippen molar-refractivity contribution in [2.75, 3.05) is 10.6 Å². The first-order valence-electron chi connectivity index (χ1n) is 6.59. The van der Waals surface area contributed by atoms with E-state index in [9.17, 15) is 4.79 Å². The van der Waals surface area contributed by atoms with Crippen LogP contribution in [0.4, 0.5) is 11.4 Å². The van der Waals surface area contributed by atoms with Crippen LogP contribution in [0.3, 0.4) is 0 Å². The predicted molar refractivity (Wildman–Crippen MR) is 79.5 cm³/mol. The number of anilines is 2. The van der Waals surface area contributed by atoms with Crippen molar-refractivity contribution in [3.63, 3.8) is 0 Å². The molecule has 0 saturated heterocycles. The van der Waals surface area contributed by atoms with E-state index in [-0.39, 0.29) is 5.91 Å². The lowest BCUT2D eigenvalue weighted by molar-refractivity contribution is -0.115. The molecule has 5 heteroatoms. The van der Waals surface area contributed by atoms with Crippen molar-refractivity contribution in [2.45, 2.75) is 26.8 Å². The van der Waals surface area contributed by atoms with Gasteiger partial charge in [0.05, 0.1) is 18.4 Å². The van der Waals surface area contributed by atoms with Gasteiger partial charge in [-0.1, -0.05) is 13.0 Å². The molecule has 0 aliphatic carbocycles. The number of aromatic nitrogens is 2. The second kappa shape index (κ2) is 6.65. The van der Waals surface area contributed by atoms with E-state index in [0.29, 0.717) is 13.0 Å². The van der Waals surface area contributed by atoms with Crippen molar-refractivity contribution < 1.29 is 4.79 Å². The maximum Gasteiger partial charge on any atom is 0.224 e. The SMILES string of the molecule is CCC(=O)Nc1cccc(NCc2cnccn2)c1C. The lowest BCUT2D eigenvalue weighted by Gasteiger charge is -2.13. The van der Waals surface area contributed by atoms with Gasteiger partial charge in [-0.25, -0.2) is 0 Å². The van der Waals surface area contributed by atoms with E-state index in [0.717, 1.165) is 22.6 Å². The van der Waals surface area contributed by atoms with Crippen molar-refractivity contribution in [3.8, 4) is 0 Å². The van der Waals surface area contributed by atoms with Gasteiger partial charge in [0.2, 0.25) is 5.91 Å². The van der Waals surface area contributed by atoms with Crippen LogP contribution >= 0.6 is 0 Å². The number of rotatable bonds is 5. The first kappa shape index (κ1) is 14.0. The lowest BCUT2D eigenvalue weighted by atomic mass is 10.1. The molecule has 0 saturated carbocycles. The quantitative estimate of drug-likeness (QED) is 0.876. The minimum absolute atomic E-state index is 0.0131. The van der Waals surface area contributed by atoms with Crippen molar-refractivity contribution >= 4 is 17.3 Å². The average Bonchev–Trinajstić information content (AvgIpc) is 2.49. The smallest absolute Gasteiger partial charge is 0.224 e. The zero-order valence-electron chi connectivity index (χ0n) is 11.7. The Labute approximate surface area is 118 Å². The Hall–Kier alpha value is -2.43. The molecule has 0 fully saturated rings. The standard InChI is InChI=1S/C15H18N4O/c1-3-15(20)19-14-6-4-5-13(11(14)2)18-10-12-9-16-7-8-17-12/h4-9,18H,3,10H2,1-2H3,(H,19,20). The third kappa shape index (κ3) is 3.54. The molecule has 1 aromatic carbocycles. The number of carbonyl (C=O) groups excluding carboxylic acids is 1. The molecule has 0 unspecified atom stereocenters. The van der Waals surface area contributed by atoms with Crippen LogP contribution in [0.2, 0.25) is 0 Å². The fourth-order valence-electron chi connectivity index (χ4n) is 1.81. The van der Waals surface area contributed by atoms with Gasteiger partial charge >= 0.3 is 0 Å². The van der Waals surface area contributed by atoms with Gasteiger partial charge < -0.3 is 10.6 Å². The van der Waals surface area contributed by atoms with E-state index in [4.69, 9.17) is 0 Å². The topological polar surface area (TPSA) is 66.9 Å². The number of nitrogens with one attached hydrogen (secondary N) is 2. The van der Waals surface area contributed by atoms with Gasteiger partial charge in [0.15, 0.2) is 0 Å². The number of benzene rings is 1. The molecule has 5 nitrogen and oxygen atoms in total. The Morgan fingerprint density at radius 1 is 1.25 bits per heavy atom. The highest BCUT2D eigenvalue weighted by Crippen LogP contribution is 2.23. The number of hydrogen-bond acceptors (Lipinski definition) is 4. The molecular weight excluding hydrogens is 252 g/mol. The molecule has 0 aliphatic rings. The fraction of sp³-hybridized carbons (Fsp3) is 0.267. The summed E-state index contributed by atoms with van der Waals surface area (Å²) in [7, 11) is 0. The van der Waals surface area contributed by atoms with Crippen LogP contribution in [0.1, 0.15) is 24.6 Å². The molecule has 2 N–H and O–H groups in total. The molecule has 0 atom stereocenters. The minimum Gasteiger partial charge on any atom is -0.379 e. The second-order valence-corrected chi connectivity index (χ2v) is 4.43. The van der Waals surface area contributed by atoms with Gasteiger partial charge in [-0.05, 0) is 24.6 Å². The Balaban J connectivity index is 2.08. The van der Waals surface area contributed by atoms with Crippen LogP contribution in [-0.4, -0.2) is 15.9 Å². The summed E-state index contributed by atoms with van der Waals surface area (Å²) in [5.74, 6) is 0.0131. The molecular formula is C15H18N4O. The molecule has 0 spiro atoms. The number of carbonyl (C=O) groups is 1. The van der Waals surface area contributed by atoms with Crippen molar-refractivity contribution in [2.24, 2.45) is 0 Å². The highest BCUT2D eigenvalue weighted by molar-refractivity contribution is 5.92. The van der Waals surface area contributed by atoms with E-state index in [1.165, 1.54) is 0 Å². The van der Waals surface area contributed by atoms with E-state index >= 15 is 0 Å². The summed E-state index contributed by atoms with van der Waals surface area (Å²) < 4.78 is 0. The summed E-state index contributed by atoms with van der Waals surface area (Å²) >= 11 is 0. The van der Waals surface area contributed by atoms with Gasteiger partial charge in [0.25, 0.3) is 0 Å². The van der Waals surface area contributed by atoms with E-state index < -0.39 is 0 Å². The molecule has 1 aromatic heterocycles. The molecule has 2 rings (SSSR count). The summed E-state index contributed by atoms with van der Waals surface area (Å²) in [6, 6.07) is 5.79. The number of hydrogen-bond donors (Lipinski definition) is 2. The van der Waals surface area contributed by atoms with Crippen LogP contribution in [0.25, 0.3) is 0 Å². The van der Waals surface area contributed by atoms with Gasteiger partial charge in [-0.3, -0.25) is 14.8 Å². The Kier molecular flexibility index (Phi) is 4.65. The summed E-state index contributed by atoms with van der Waals surface area (Å²) in [5.41, 5.74) is 3.69. The van der Waals surface area contributed by atoms with Crippen LogP contribution in [0, 0.1) is 6.92 Å². The number of amides is 1. The van der Waals surface area contributed by atoms with Crippen molar-refractivity contribution in [3.05, 3.63) is 48.0 Å². The Morgan fingerprint density at radius 2 is 2.05 bits per heavy atom. The highest BCUT2D eigenvalue weighted by atomic mass is 16.1. The molecule has 0 radical (unpaired) electrons. The second-order valence-electron chi connectivity index (χ2n) is 4.43. The molecule has 1 amide bonds. The summed E-state index contributed by atoms with van der Waals surface area (Å²) in [6.45, 7) is 4.41. The first-order chi connectivity index (χ1) is 9.70. The summed E-state index contributed by atoms with van der Waals surface area (Å²) in [5, 5.41) is 6.20. The van der Waals surface area contributed by atoms with Crippen LogP contribution in [0.5, 0.6) is 0 Å². The largest absolute Gasteiger partial charge is 0.379 e. The minimum atomic E-state index is 0.0131. The molecule has 20 heavy (non-hydrogen) atoms. The van der Waals surface area contributed by atoms with Crippen molar-refractivity contribution in [1.29, 1.82) is 0 Å².